The number of aromatic nitrogens is 2. The lowest BCUT2D eigenvalue weighted by molar-refractivity contribution is 0.322. The standard InChI is InChI=1S/C20H18N2O2/c1-2-23-19-17-16(14-9-5-3-6-10-14)13-24-20(17)22-18(21-19)15-11-7-4-8-12-15/h3-12,16H,2,13H2,1H3. The van der Waals surface area contributed by atoms with Gasteiger partial charge in [0.1, 0.15) is 6.61 Å². The molecule has 0 amide bonds. The van der Waals surface area contributed by atoms with Gasteiger partial charge in [-0.25, -0.2) is 0 Å². The van der Waals surface area contributed by atoms with Crippen LogP contribution in [0, 0.1) is 0 Å². The third-order valence-electron chi connectivity index (χ3n) is 4.13. The summed E-state index contributed by atoms with van der Waals surface area (Å²) in [5, 5.41) is 0. The molecule has 4 heteroatoms. The lowest BCUT2D eigenvalue weighted by Crippen LogP contribution is -2.06. The summed E-state index contributed by atoms with van der Waals surface area (Å²) in [7, 11) is 0. The topological polar surface area (TPSA) is 44.2 Å². The molecule has 0 bridgehead atoms. The average molecular weight is 318 g/mol. The summed E-state index contributed by atoms with van der Waals surface area (Å²) in [5.74, 6) is 1.98. The fourth-order valence-corrected chi connectivity index (χ4v) is 2.99. The van der Waals surface area contributed by atoms with E-state index in [1.54, 1.807) is 0 Å². The van der Waals surface area contributed by atoms with Crippen molar-refractivity contribution < 1.29 is 9.47 Å². The monoisotopic (exact) mass is 318 g/mol. The number of ether oxygens (including phenoxy) is 2. The van der Waals surface area contributed by atoms with Crippen molar-refractivity contribution in [2.45, 2.75) is 12.8 Å². The van der Waals surface area contributed by atoms with Crippen molar-refractivity contribution in [3.05, 3.63) is 71.8 Å². The molecule has 0 spiro atoms. The second-order valence-corrected chi connectivity index (χ2v) is 5.64. The second kappa shape index (κ2) is 6.32. The zero-order valence-corrected chi connectivity index (χ0v) is 13.5. The first kappa shape index (κ1) is 14.7. The zero-order valence-electron chi connectivity index (χ0n) is 13.5. The predicted octanol–water partition coefficient (Wildman–Crippen LogP) is 4.07. The van der Waals surface area contributed by atoms with Gasteiger partial charge in [0, 0.05) is 5.56 Å². The predicted molar refractivity (Wildman–Crippen MR) is 92.4 cm³/mol. The van der Waals surface area contributed by atoms with Crippen LogP contribution in [0.2, 0.25) is 0 Å². The smallest absolute Gasteiger partial charge is 0.224 e. The number of nitrogens with zero attached hydrogens (tertiary/aromatic N) is 2. The van der Waals surface area contributed by atoms with Gasteiger partial charge in [0.05, 0.1) is 18.1 Å². The van der Waals surface area contributed by atoms with Crippen LogP contribution in [0.5, 0.6) is 11.8 Å². The molecule has 120 valence electrons. The summed E-state index contributed by atoms with van der Waals surface area (Å²) < 4.78 is 11.7. The molecule has 1 unspecified atom stereocenters. The van der Waals surface area contributed by atoms with E-state index in [0.717, 1.165) is 11.1 Å². The van der Waals surface area contributed by atoms with E-state index in [4.69, 9.17) is 9.47 Å². The lowest BCUT2D eigenvalue weighted by atomic mass is 9.95. The fourth-order valence-electron chi connectivity index (χ4n) is 2.99. The van der Waals surface area contributed by atoms with E-state index < -0.39 is 0 Å². The molecule has 1 aliphatic rings. The van der Waals surface area contributed by atoms with Gasteiger partial charge < -0.3 is 9.47 Å². The van der Waals surface area contributed by atoms with Crippen molar-refractivity contribution in [1.82, 2.24) is 9.97 Å². The average Bonchev–Trinajstić information content (AvgIpc) is 3.08. The maximum atomic E-state index is 5.88. The first-order valence-corrected chi connectivity index (χ1v) is 8.14. The minimum Gasteiger partial charge on any atom is -0.478 e. The third-order valence-corrected chi connectivity index (χ3v) is 4.13. The number of benzene rings is 2. The number of rotatable bonds is 4. The summed E-state index contributed by atoms with van der Waals surface area (Å²) in [6.07, 6.45) is 0. The van der Waals surface area contributed by atoms with Crippen LogP contribution in [0.3, 0.4) is 0 Å². The highest BCUT2D eigenvalue weighted by atomic mass is 16.5. The fraction of sp³-hybridized carbons (Fsp3) is 0.200. The largest absolute Gasteiger partial charge is 0.478 e. The highest BCUT2D eigenvalue weighted by molar-refractivity contribution is 5.59. The Bertz CT molecular complexity index is 835. The van der Waals surface area contributed by atoms with Crippen molar-refractivity contribution in [2.75, 3.05) is 13.2 Å². The van der Waals surface area contributed by atoms with Crippen molar-refractivity contribution in [2.24, 2.45) is 0 Å². The highest BCUT2D eigenvalue weighted by Gasteiger charge is 2.32. The SMILES string of the molecule is CCOc1nc(-c2ccccc2)nc2c1C(c1ccccc1)CO2. The first-order chi connectivity index (χ1) is 11.9. The van der Waals surface area contributed by atoms with Crippen LogP contribution in [0.4, 0.5) is 0 Å². The van der Waals surface area contributed by atoms with Crippen molar-refractivity contribution in [1.29, 1.82) is 0 Å². The molecular weight excluding hydrogens is 300 g/mol. The third kappa shape index (κ3) is 2.60. The van der Waals surface area contributed by atoms with E-state index in [-0.39, 0.29) is 5.92 Å². The Morgan fingerprint density at radius 2 is 1.71 bits per heavy atom. The molecule has 2 aromatic carbocycles. The Morgan fingerprint density at radius 1 is 1.00 bits per heavy atom. The number of hydrogen-bond acceptors (Lipinski definition) is 4. The Hall–Kier alpha value is -2.88. The second-order valence-electron chi connectivity index (χ2n) is 5.64. The van der Waals surface area contributed by atoms with Gasteiger partial charge in [-0.15, -0.1) is 0 Å². The molecule has 1 aromatic heterocycles. The summed E-state index contributed by atoms with van der Waals surface area (Å²) in [6.45, 7) is 3.08. The molecule has 1 aliphatic heterocycles. The molecule has 1 atom stereocenters. The number of fused-ring (bicyclic) bond motifs is 1. The molecule has 24 heavy (non-hydrogen) atoms. The zero-order chi connectivity index (χ0) is 16.4. The Kier molecular flexibility index (Phi) is 3.87. The summed E-state index contributed by atoms with van der Waals surface area (Å²) in [4.78, 5) is 9.30. The van der Waals surface area contributed by atoms with E-state index >= 15 is 0 Å². The van der Waals surface area contributed by atoms with Crippen molar-refractivity contribution in [3.8, 4) is 23.1 Å². The molecular formula is C20H18N2O2. The molecule has 0 fully saturated rings. The van der Waals surface area contributed by atoms with Crippen LogP contribution >= 0.6 is 0 Å². The summed E-state index contributed by atoms with van der Waals surface area (Å²) >= 11 is 0. The highest BCUT2D eigenvalue weighted by Crippen LogP contribution is 2.42. The molecule has 0 saturated heterocycles. The Morgan fingerprint density at radius 3 is 2.42 bits per heavy atom. The van der Waals surface area contributed by atoms with E-state index in [2.05, 4.69) is 22.1 Å². The van der Waals surface area contributed by atoms with Crippen LogP contribution in [-0.2, 0) is 0 Å². The first-order valence-electron chi connectivity index (χ1n) is 8.14. The van der Waals surface area contributed by atoms with E-state index in [9.17, 15) is 0 Å². The van der Waals surface area contributed by atoms with Crippen molar-refractivity contribution in [3.63, 3.8) is 0 Å². The van der Waals surface area contributed by atoms with Crippen LogP contribution in [0.25, 0.3) is 11.4 Å². The molecule has 4 rings (SSSR count). The molecule has 0 saturated carbocycles. The van der Waals surface area contributed by atoms with Gasteiger partial charge in [0.2, 0.25) is 11.8 Å². The van der Waals surface area contributed by atoms with Gasteiger partial charge in [-0.1, -0.05) is 60.7 Å². The maximum absolute atomic E-state index is 5.88. The maximum Gasteiger partial charge on any atom is 0.224 e. The van der Waals surface area contributed by atoms with Crippen LogP contribution < -0.4 is 9.47 Å². The quantitative estimate of drug-likeness (QED) is 0.727. The van der Waals surface area contributed by atoms with Gasteiger partial charge in [0.25, 0.3) is 0 Å². The van der Waals surface area contributed by atoms with Crippen LogP contribution in [-0.4, -0.2) is 23.2 Å². The van der Waals surface area contributed by atoms with E-state index in [1.807, 2.05) is 55.5 Å². The van der Waals surface area contributed by atoms with E-state index in [0.29, 0.717) is 30.8 Å². The van der Waals surface area contributed by atoms with E-state index in [1.165, 1.54) is 5.56 Å². The molecule has 3 aromatic rings. The minimum atomic E-state index is 0.104. The molecule has 2 heterocycles. The van der Waals surface area contributed by atoms with Gasteiger partial charge >= 0.3 is 0 Å². The lowest BCUT2D eigenvalue weighted by Gasteiger charge is -2.13. The van der Waals surface area contributed by atoms with Gasteiger partial charge in [0.15, 0.2) is 5.82 Å². The summed E-state index contributed by atoms with van der Waals surface area (Å²) in [6, 6.07) is 20.2. The minimum absolute atomic E-state index is 0.104. The molecule has 0 aliphatic carbocycles. The molecule has 0 N–H and O–H groups in total. The van der Waals surface area contributed by atoms with Gasteiger partial charge in [-0.05, 0) is 12.5 Å². The molecule has 4 nitrogen and oxygen atoms in total. The van der Waals surface area contributed by atoms with Crippen LogP contribution in [0.15, 0.2) is 60.7 Å². The van der Waals surface area contributed by atoms with Crippen LogP contribution in [0.1, 0.15) is 24.0 Å². The van der Waals surface area contributed by atoms with Crippen molar-refractivity contribution >= 4 is 0 Å². The Balaban J connectivity index is 1.82. The normalized spacial score (nSPS) is 15.6. The van der Waals surface area contributed by atoms with Gasteiger partial charge in [-0.2, -0.15) is 9.97 Å². The van der Waals surface area contributed by atoms with Gasteiger partial charge in [-0.3, -0.25) is 0 Å². The molecule has 0 radical (unpaired) electrons. The Labute approximate surface area is 141 Å². The summed E-state index contributed by atoms with van der Waals surface area (Å²) in [5.41, 5.74) is 3.09. The number of hydrogen-bond donors (Lipinski definition) is 0.